The first-order chi connectivity index (χ1) is 26.8. The first-order valence-electron chi connectivity index (χ1n) is 19.8. The highest BCUT2D eigenvalue weighted by atomic mass is 35.5. The Hall–Kier alpha value is -3.85. The Bertz CT molecular complexity index is 2030. The van der Waals surface area contributed by atoms with Crippen LogP contribution in [-0.4, -0.2) is 84.4 Å². The van der Waals surface area contributed by atoms with Crippen molar-refractivity contribution in [2.24, 2.45) is 29.1 Å². The number of rotatable bonds is 11. The van der Waals surface area contributed by atoms with Gasteiger partial charge in [0.1, 0.15) is 6.10 Å². The van der Waals surface area contributed by atoms with Crippen molar-refractivity contribution in [3.63, 3.8) is 0 Å². The summed E-state index contributed by atoms with van der Waals surface area (Å²) in [5, 5.41) is 1.16. The Morgan fingerprint density at radius 3 is 2.54 bits per heavy atom. The zero-order valence-corrected chi connectivity index (χ0v) is 34.5. The van der Waals surface area contributed by atoms with Crippen LogP contribution in [0.5, 0.6) is 11.8 Å². The molecule has 12 nitrogen and oxygen atoms in total. The molecule has 312 valence electrons. The molecule has 4 aliphatic rings. The number of ether oxygens (including phenoxy) is 3. The number of Topliss-reactive ketones (excluding diaryl/α,β-unsaturated/α-hetero) is 1. The first kappa shape index (κ1) is 42.7. The second kappa shape index (κ2) is 16.8. The fraction of sp³-hybridized carbons (Fsp3) is 0.634. The lowest BCUT2D eigenvalue weighted by molar-refractivity contribution is -0.154. The van der Waals surface area contributed by atoms with Crippen molar-refractivity contribution in [2.45, 2.75) is 122 Å². The normalized spacial score (nSPS) is 29.5. The third kappa shape index (κ3) is 9.56. The largest absolute Gasteiger partial charge is 0.472 e. The van der Waals surface area contributed by atoms with Gasteiger partial charge in [0.15, 0.2) is 12.4 Å². The van der Waals surface area contributed by atoms with E-state index in [0.717, 1.165) is 6.42 Å². The summed E-state index contributed by atoms with van der Waals surface area (Å²) in [7, 11) is -4.01. The van der Waals surface area contributed by atoms with Crippen LogP contribution in [0.4, 0.5) is 8.78 Å². The number of hydrogen-bond acceptors (Lipinski definition) is 10. The zero-order chi connectivity index (χ0) is 41.4. The van der Waals surface area contributed by atoms with Crippen LogP contribution < -0.4 is 14.2 Å². The Morgan fingerprint density at radius 2 is 1.86 bits per heavy atom. The number of aromatic nitrogens is 1. The van der Waals surface area contributed by atoms with Gasteiger partial charge in [0, 0.05) is 34.7 Å². The van der Waals surface area contributed by atoms with Crippen molar-refractivity contribution in [3.8, 4) is 11.8 Å². The second-order valence-corrected chi connectivity index (χ2v) is 19.6. The number of sulfonamides is 1. The molecular weight excluding hydrogens is 784 g/mol. The van der Waals surface area contributed by atoms with Crippen molar-refractivity contribution in [3.05, 3.63) is 41.4 Å². The average Bonchev–Trinajstić information content (AvgIpc) is 4.01. The maximum absolute atomic E-state index is 14.8. The molecule has 0 radical (unpaired) electrons. The summed E-state index contributed by atoms with van der Waals surface area (Å²) in [6.07, 6.45) is 2.41. The van der Waals surface area contributed by atoms with Gasteiger partial charge in [-0.2, -0.15) is 4.98 Å². The van der Waals surface area contributed by atoms with Gasteiger partial charge in [-0.15, -0.1) is 0 Å². The van der Waals surface area contributed by atoms with Gasteiger partial charge in [-0.1, -0.05) is 43.7 Å². The van der Waals surface area contributed by atoms with E-state index in [1.54, 1.807) is 39.0 Å². The molecular formula is C41H52ClF2N3O9S. The van der Waals surface area contributed by atoms with Gasteiger partial charge in [0.05, 0.1) is 41.2 Å². The highest BCUT2D eigenvalue weighted by Gasteiger charge is 2.62. The number of esters is 1. The van der Waals surface area contributed by atoms with Crippen LogP contribution in [0, 0.1) is 29.1 Å². The van der Waals surface area contributed by atoms with E-state index in [-0.39, 0.29) is 55.8 Å². The van der Waals surface area contributed by atoms with E-state index >= 15 is 0 Å². The molecule has 7 atom stereocenters. The number of carbonyl (C=O) groups is 4. The highest BCUT2D eigenvalue weighted by Crippen LogP contribution is 2.58. The minimum Gasteiger partial charge on any atom is -0.472 e. The lowest BCUT2D eigenvalue weighted by Gasteiger charge is -2.32. The number of halogens is 3. The number of pyridine rings is 1. The van der Waals surface area contributed by atoms with Crippen LogP contribution in [0.3, 0.4) is 0 Å². The molecule has 2 aliphatic carbocycles. The molecule has 2 saturated carbocycles. The van der Waals surface area contributed by atoms with Crippen molar-refractivity contribution in [1.29, 1.82) is 0 Å². The number of nitrogens with zero attached hydrogens (tertiary/aromatic N) is 2. The van der Waals surface area contributed by atoms with Crippen molar-refractivity contribution < 1.29 is 50.6 Å². The van der Waals surface area contributed by atoms with Crippen LogP contribution in [0.2, 0.25) is 5.02 Å². The number of amides is 2. The minimum absolute atomic E-state index is 0.00632. The maximum atomic E-state index is 14.8. The van der Waals surface area contributed by atoms with Gasteiger partial charge in [-0.25, -0.2) is 17.2 Å². The van der Waals surface area contributed by atoms with Gasteiger partial charge in [-0.05, 0) is 89.2 Å². The smallest absolute Gasteiger partial charge is 0.306 e. The Balaban J connectivity index is 1.36. The minimum atomic E-state index is -4.01. The molecule has 16 heteroatoms. The molecule has 2 amide bonds. The predicted octanol–water partition coefficient (Wildman–Crippen LogP) is 6.81. The summed E-state index contributed by atoms with van der Waals surface area (Å²) < 4.78 is 71.1. The van der Waals surface area contributed by atoms with E-state index in [2.05, 4.69) is 16.6 Å². The van der Waals surface area contributed by atoms with Crippen molar-refractivity contribution in [1.82, 2.24) is 14.6 Å². The first-order valence-corrected chi connectivity index (χ1v) is 21.6. The summed E-state index contributed by atoms with van der Waals surface area (Å²) in [6.45, 7) is 7.98. The number of hydrogen-bond donors (Lipinski definition) is 1. The molecule has 1 saturated heterocycles. The van der Waals surface area contributed by atoms with Gasteiger partial charge < -0.3 is 19.1 Å². The number of alkyl halides is 2. The summed E-state index contributed by atoms with van der Waals surface area (Å²) in [4.78, 5) is 62.4. The lowest BCUT2D eigenvalue weighted by Crippen LogP contribution is -2.48. The van der Waals surface area contributed by atoms with Crippen LogP contribution in [0.25, 0.3) is 10.8 Å². The fourth-order valence-corrected chi connectivity index (χ4v) is 9.79. The Labute approximate surface area is 337 Å². The van der Waals surface area contributed by atoms with Gasteiger partial charge in [0.2, 0.25) is 33.6 Å². The average molecular weight is 836 g/mol. The molecule has 6 rings (SSSR count). The molecule has 1 aromatic carbocycles. The molecule has 3 heterocycles. The molecule has 0 bridgehead atoms. The van der Waals surface area contributed by atoms with Crippen LogP contribution in [0.1, 0.15) is 92.4 Å². The molecule has 0 unspecified atom stereocenters. The number of allylic oxidation sites excluding steroid dienone is 2. The maximum Gasteiger partial charge on any atom is 0.306 e. The summed E-state index contributed by atoms with van der Waals surface area (Å²) in [6, 6.07) is 5.28. The molecule has 3 fully saturated rings. The van der Waals surface area contributed by atoms with E-state index in [1.807, 2.05) is 19.1 Å². The van der Waals surface area contributed by atoms with E-state index < -0.39 is 86.9 Å². The van der Waals surface area contributed by atoms with E-state index in [1.165, 1.54) is 11.0 Å². The van der Waals surface area contributed by atoms with Crippen molar-refractivity contribution >= 4 is 56.0 Å². The molecule has 57 heavy (non-hydrogen) atoms. The molecule has 0 spiro atoms. The molecule has 2 aliphatic heterocycles. The van der Waals surface area contributed by atoms with Gasteiger partial charge >= 0.3 is 5.97 Å². The van der Waals surface area contributed by atoms with Gasteiger partial charge in [-0.3, -0.25) is 23.9 Å². The third-order valence-corrected chi connectivity index (χ3v) is 14.4. The summed E-state index contributed by atoms with van der Waals surface area (Å²) in [5.41, 5.74) is -1.34. The molecule has 2 aromatic rings. The van der Waals surface area contributed by atoms with Gasteiger partial charge in [0.25, 0.3) is 6.43 Å². The summed E-state index contributed by atoms with van der Waals surface area (Å²) >= 11 is 6.49. The third-order valence-electron chi connectivity index (χ3n) is 11.9. The lowest BCUT2D eigenvalue weighted by atomic mass is 9.82. The quantitative estimate of drug-likeness (QED) is 0.188. The van der Waals surface area contributed by atoms with E-state index in [9.17, 15) is 36.4 Å². The predicted molar refractivity (Wildman–Crippen MR) is 208 cm³/mol. The SMILES string of the molecule is CC(C)OC(=O)C[C@@H]1C(=O)N2C[C@H](Oc3nc(OCC(F)F)cc4c(Cl)cccc34)C[C@H]2C(=O)C[C@]2(C(=O)NS(=O)(=O)C3(C)CC3)C[C@H]2/C=C\CC[C@H](C)C[C@H]1C. The standard InChI is InChI=1S/C41H52ClF2N3O9S/c1-23(2)55-36(49)18-29-25(4)15-24(3)9-6-7-10-26-19-41(26,39(51)46-57(52,53)40(5)13-14-40)20-33(48)32-16-27(21-47(32)38(29)50)56-37-28-11-8-12-31(42)30(28)17-35(45-37)54-22-34(43)44/h7-8,10-12,17,23-27,29,32,34H,6,9,13-16,18-22H2,1-5H3,(H,46,51)/b10-7-/t24-,25+,26+,27+,29-,32-,41+/m0/s1. The molecule has 1 N–H and O–H groups in total. The Kier molecular flexibility index (Phi) is 12.6. The highest BCUT2D eigenvalue weighted by molar-refractivity contribution is 7.91. The number of fused-ring (bicyclic) bond motifs is 3. The fourth-order valence-electron chi connectivity index (χ4n) is 8.23. The van der Waals surface area contributed by atoms with Crippen LogP contribution in [-0.2, 0) is 33.9 Å². The van der Waals surface area contributed by atoms with Crippen molar-refractivity contribution in [2.75, 3.05) is 13.2 Å². The molecule has 1 aromatic heterocycles. The topological polar surface area (TPSA) is 158 Å². The number of nitrogens with one attached hydrogen (secondary N) is 1. The number of benzene rings is 1. The number of ketones is 1. The Morgan fingerprint density at radius 1 is 1.12 bits per heavy atom. The zero-order valence-electron chi connectivity index (χ0n) is 33.0. The second-order valence-electron chi connectivity index (χ2n) is 17.0. The monoisotopic (exact) mass is 835 g/mol. The number of carbonyl (C=O) groups excluding carboxylic acids is 4. The van der Waals surface area contributed by atoms with E-state index in [0.29, 0.717) is 41.5 Å². The van der Waals surface area contributed by atoms with Crippen LogP contribution >= 0.6 is 11.6 Å². The summed E-state index contributed by atoms with van der Waals surface area (Å²) in [5.74, 6) is -3.73. The van der Waals surface area contributed by atoms with E-state index in [4.69, 9.17) is 25.8 Å². The van der Waals surface area contributed by atoms with Crippen LogP contribution in [0.15, 0.2) is 36.4 Å².